The van der Waals surface area contributed by atoms with Gasteiger partial charge in [-0.2, -0.15) is 5.21 Å². The van der Waals surface area contributed by atoms with Crippen molar-refractivity contribution in [1.29, 1.82) is 0 Å². The Balaban J connectivity index is 1.42. The van der Waals surface area contributed by atoms with Gasteiger partial charge in [-0.3, -0.25) is 4.79 Å². The molecular formula is C16H17N5O3. The molecule has 0 spiro atoms. The summed E-state index contributed by atoms with van der Waals surface area (Å²) in [5, 5.41) is 13.8. The summed E-state index contributed by atoms with van der Waals surface area (Å²) >= 11 is 0. The maximum atomic E-state index is 12.4. The zero-order chi connectivity index (χ0) is 16.4. The molecule has 0 saturated carbocycles. The first-order valence-electron chi connectivity index (χ1n) is 7.87. The van der Waals surface area contributed by atoms with E-state index in [-0.39, 0.29) is 12.0 Å². The number of ether oxygens (including phenoxy) is 2. The van der Waals surface area contributed by atoms with Crippen molar-refractivity contribution < 1.29 is 14.3 Å². The zero-order valence-corrected chi connectivity index (χ0v) is 13.0. The lowest BCUT2D eigenvalue weighted by Crippen LogP contribution is -2.41. The van der Waals surface area contributed by atoms with Gasteiger partial charge in [-0.15, -0.1) is 10.2 Å². The lowest BCUT2D eigenvalue weighted by atomic mass is 10.1. The molecular weight excluding hydrogens is 310 g/mol. The predicted molar refractivity (Wildman–Crippen MR) is 84.1 cm³/mol. The number of nitrogens with zero attached hydrogens (tertiary/aromatic N) is 4. The SMILES string of the molecule is O=C(/C=C/c1ccc2c(c1)CCO2)N1CCOC(c2nn[nH]n2)C1. The van der Waals surface area contributed by atoms with Crippen LogP contribution in [0.2, 0.25) is 0 Å². The number of hydrogen-bond acceptors (Lipinski definition) is 6. The molecule has 1 amide bonds. The van der Waals surface area contributed by atoms with Gasteiger partial charge in [0.1, 0.15) is 11.9 Å². The number of hydrogen-bond donors (Lipinski definition) is 1. The normalized spacial score (nSPS) is 20.2. The number of carbonyl (C=O) groups excluding carboxylic acids is 1. The number of amides is 1. The number of carbonyl (C=O) groups is 1. The van der Waals surface area contributed by atoms with Crippen LogP contribution in [0.5, 0.6) is 5.75 Å². The van der Waals surface area contributed by atoms with Gasteiger partial charge < -0.3 is 14.4 Å². The number of tetrazole rings is 1. The predicted octanol–water partition coefficient (Wildman–Crippen LogP) is 0.748. The molecule has 1 unspecified atom stereocenters. The molecule has 1 aromatic heterocycles. The van der Waals surface area contributed by atoms with Crippen LogP contribution in [0.25, 0.3) is 6.08 Å². The Hall–Kier alpha value is -2.74. The van der Waals surface area contributed by atoms with Gasteiger partial charge in [-0.1, -0.05) is 11.3 Å². The molecule has 1 atom stereocenters. The second kappa shape index (κ2) is 6.40. The summed E-state index contributed by atoms with van der Waals surface area (Å²) < 4.78 is 11.1. The highest BCUT2D eigenvalue weighted by atomic mass is 16.5. The van der Waals surface area contributed by atoms with E-state index in [9.17, 15) is 4.79 Å². The highest BCUT2D eigenvalue weighted by molar-refractivity contribution is 5.91. The lowest BCUT2D eigenvalue weighted by Gasteiger charge is -2.30. The molecule has 1 fully saturated rings. The minimum absolute atomic E-state index is 0.0523. The summed E-state index contributed by atoms with van der Waals surface area (Å²) in [7, 11) is 0. The fourth-order valence-corrected chi connectivity index (χ4v) is 2.89. The first-order valence-corrected chi connectivity index (χ1v) is 7.87. The van der Waals surface area contributed by atoms with Crippen molar-refractivity contribution >= 4 is 12.0 Å². The number of fused-ring (bicyclic) bond motifs is 1. The van der Waals surface area contributed by atoms with E-state index >= 15 is 0 Å². The molecule has 8 heteroatoms. The number of H-pyrrole nitrogens is 1. The third kappa shape index (κ3) is 3.00. The molecule has 2 aromatic rings. The van der Waals surface area contributed by atoms with E-state index in [1.54, 1.807) is 11.0 Å². The molecule has 1 saturated heterocycles. The molecule has 2 aliphatic rings. The van der Waals surface area contributed by atoms with Gasteiger partial charge >= 0.3 is 0 Å². The van der Waals surface area contributed by atoms with Crippen LogP contribution in [0.15, 0.2) is 24.3 Å². The average Bonchev–Trinajstić information content (AvgIpc) is 3.30. The highest BCUT2D eigenvalue weighted by Crippen LogP contribution is 2.26. The van der Waals surface area contributed by atoms with Gasteiger partial charge in [0, 0.05) is 19.0 Å². The van der Waals surface area contributed by atoms with Crippen molar-refractivity contribution in [2.45, 2.75) is 12.5 Å². The second-order valence-corrected chi connectivity index (χ2v) is 5.71. The van der Waals surface area contributed by atoms with Crippen molar-refractivity contribution in [2.75, 3.05) is 26.3 Å². The molecule has 3 heterocycles. The van der Waals surface area contributed by atoms with Gasteiger partial charge in [0.15, 0.2) is 0 Å². The van der Waals surface area contributed by atoms with Gasteiger partial charge in [0.25, 0.3) is 0 Å². The van der Waals surface area contributed by atoms with E-state index in [0.29, 0.717) is 25.5 Å². The molecule has 8 nitrogen and oxygen atoms in total. The van der Waals surface area contributed by atoms with Crippen molar-refractivity contribution in [3.05, 3.63) is 41.2 Å². The number of aromatic amines is 1. The van der Waals surface area contributed by atoms with E-state index in [1.165, 1.54) is 5.56 Å². The van der Waals surface area contributed by atoms with Crippen LogP contribution in [0, 0.1) is 0 Å². The molecule has 0 bridgehead atoms. The largest absolute Gasteiger partial charge is 0.493 e. The summed E-state index contributed by atoms with van der Waals surface area (Å²) in [5.41, 5.74) is 2.18. The Morgan fingerprint density at radius 1 is 1.38 bits per heavy atom. The lowest BCUT2D eigenvalue weighted by molar-refractivity contribution is -0.134. The first kappa shape index (κ1) is 14.8. The Labute approximate surface area is 138 Å². The van der Waals surface area contributed by atoms with E-state index in [1.807, 2.05) is 18.2 Å². The van der Waals surface area contributed by atoms with E-state index in [4.69, 9.17) is 9.47 Å². The Morgan fingerprint density at radius 3 is 3.21 bits per heavy atom. The summed E-state index contributed by atoms with van der Waals surface area (Å²) in [6.07, 6.45) is 4.00. The molecule has 1 aromatic carbocycles. The van der Waals surface area contributed by atoms with Crippen molar-refractivity contribution in [3.63, 3.8) is 0 Å². The number of aromatic nitrogens is 4. The summed E-state index contributed by atoms with van der Waals surface area (Å²) in [6, 6.07) is 5.97. The van der Waals surface area contributed by atoms with Crippen LogP contribution in [0.1, 0.15) is 23.1 Å². The number of benzene rings is 1. The summed E-state index contributed by atoms with van der Waals surface area (Å²) in [5.74, 6) is 1.35. The minimum atomic E-state index is -0.341. The van der Waals surface area contributed by atoms with Gasteiger partial charge in [0.2, 0.25) is 11.7 Å². The maximum Gasteiger partial charge on any atom is 0.246 e. The van der Waals surface area contributed by atoms with Crippen LogP contribution < -0.4 is 4.74 Å². The quantitative estimate of drug-likeness (QED) is 0.836. The summed E-state index contributed by atoms with van der Waals surface area (Å²) in [6.45, 7) is 2.15. The number of nitrogens with one attached hydrogen (secondary N) is 1. The molecule has 4 rings (SSSR count). The standard InChI is InChI=1S/C16H17N5O3/c22-15(4-2-11-1-3-13-12(9-11)5-7-23-13)21-6-8-24-14(10-21)16-17-19-20-18-16/h1-4,9,14H,5-8,10H2,(H,17,18,19,20)/b4-2+. The van der Waals surface area contributed by atoms with E-state index in [0.717, 1.165) is 24.3 Å². The average molecular weight is 327 g/mol. The zero-order valence-electron chi connectivity index (χ0n) is 13.0. The topological polar surface area (TPSA) is 93.2 Å². The van der Waals surface area contributed by atoms with Crippen LogP contribution in [-0.4, -0.2) is 57.7 Å². The third-order valence-corrected chi connectivity index (χ3v) is 4.16. The fraction of sp³-hybridized carbons (Fsp3) is 0.375. The number of rotatable bonds is 3. The molecule has 2 aliphatic heterocycles. The van der Waals surface area contributed by atoms with E-state index < -0.39 is 0 Å². The smallest absolute Gasteiger partial charge is 0.246 e. The molecule has 0 radical (unpaired) electrons. The summed E-state index contributed by atoms with van der Waals surface area (Å²) in [4.78, 5) is 14.1. The molecule has 24 heavy (non-hydrogen) atoms. The van der Waals surface area contributed by atoms with E-state index in [2.05, 4.69) is 26.7 Å². The van der Waals surface area contributed by atoms with Gasteiger partial charge in [-0.05, 0) is 29.3 Å². The second-order valence-electron chi connectivity index (χ2n) is 5.71. The van der Waals surface area contributed by atoms with Crippen LogP contribution in [0.3, 0.4) is 0 Å². The number of morpholine rings is 1. The Morgan fingerprint density at radius 2 is 2.33 bits per heavy atom. The first-order chi connectivity index (χ1) is 11.8. The maximum absolute atomic E-state index is 12.4. The Bertz CT molecular complexity index is 759. The molecule has 1 N–H and O–H groups in total. The monoisotopic (exact) mass is 327 g/mol. The molecule has 0 aliphatic carbocycles. The Kier molecular flexibility index (Phi) is 3.96. The molecule has 124 valence electrons. The van der Waals surface area contributed by atoms with Gasteiger partial charge in [0.05, 0.1) is 19.8 Å². The van der Waals surface area contributed by atoms with Crippen LogP contribution >= 0.6 is 0 Å². The van der Waals surface area contributed by atoms with Crippen molar-refractivity contribution in [3.8, 4) is 5.75 Å². The van der Waals surface area contributed by atoms with Gasteiger partial charge in [-0.25, -0.2) is 0 Å². The van der Waals surface area contributed by atoms with Crippen molar-refractivity contribution in [1.82, 2.24) is 25.5 Å². The van der Waals surface area contributed by atoms with Crippen LogP contribution in [-0.2, 0) is 16.0 Å². The van der Waals surface area contributed by atoms with Crippen molar-refractivity contribution in [2.24, 2.45) is 0 Å². The minimum Gasteiger partial charge on any atom is -0.493 e. The van der Waals surface area contributed by atoms with Crippen LogP contribution in [0.4, 0.5) is 0 Å². The third-order valence-electron chi connectivity index (χ3n) is 4.16. The highest BCUT2D eigenvalue weighted by Gasteiger charge is 2.27. The fourth-order valence-electron chi connectivity index (χ4n) is 2.89.